The van der Waals surface area contributed by atoms with E-state index in [0.29, 0.717) is 28.7 Å². The lowest BCUT2D eigenvalue weighted by molar-refractivity contribution is -0.123. The van der Waals surface area contributed by atoms with E-state index in [-0.39, 0.29) is 28.8 Å². The van der Waals surface area contributed by atoms with E-state index in [2.05, 4.69) is 17.2 Å². The fraction of sp³-hybridized carbons (Fsp3) is 0.421. The van der Waals surface area contributed by atoms with Crippen LogP contribution in [0.2, 0.25) is 0 Å². The molecule has 1 fully saturated rings. The number of hydrogen-bond donors (Lipinski definition) is 2. The molecule has 1 heterocycles. The van der Waals surface area contributed by atoms with Gasteiger partial charge in [0.1, 0.15) is 18.0 Å². The molecule has 3 rings (SSSR count). The minimum absolute atomic E-state index is 0.0189. The Labute approximate surface area is 162 Å². The Morgan fingerprint density at radius 3 is 2.67 bits per heavy atom. The van der Waals surface area contributed by atoms with Crippen LogP contribution in [0.4, 0.5) is 0 Å². The van der Waals surface area contributed by atoms with Gasteiger partial charge in [-0.3, -0.25) is 14.6 Å². The van der Waals surface area contributed by atoms with Crippen LogP contribution in [0.1, 0.15) is 19.8 Å². The highest BCUT2D eigenvalue weighted by Crippen LogP contribution is 2.33. The monoisotopic (exact) mass is 389 g/mol. The molecule has 1 saturated carbocycles. The summed E-state index contributed by atoms with van der Waals surface area (Å²) >= 11 is 5.31. The molecule has 0 saturated heterocycles. The lowest BCUT2D eigenvalue weighted by atomic mass is 9.82. The molecular weight excluding hydrogens is 366 g/mol. The molecule has 1 aromatic heterocycles. The second-order valence-electron chi connectivity index (χ2n) is 6.82. The first-order valence-corrected chi connectivity index (χ1v) is 9.18. The average Bonchev–Trinajstić information content (AvgIpc) is 2.62. The van der Waals surface area contributed by atoms with E-state index in [1.54, 1.807) is 29.9 Å². The predicted octanol–water partition coefficient (Wildman–Crippen LogP) is 2.50. The molecule has 2 aromatic rings. The van der Waals surface area contributed by atoms with Gasteiger partial charge in [-0.05, 0) is 43.1 Å². The van der Waals surface area contributed by atoms with Gasteiger partial charge in [0.05, 0.1) is 19.9 Å². The van der Waals surface area contributed by atoms with Gasteiger partial charge in [0, 0.05) is 23.7 Å². The van der Waals surface area contributed by atoms with Gasteiger partial charge in [-0.25, -0.2) is 0 Å². The SMILES string of the molecule is COc1ccc(-c2cc(=O)[nH]c(=S)n2CC(=O)NC2CC(C)C2)c(OC)c1. The van der Waals surface area contributed by atoms with Crippen LogP contribution in [0.15, 0.2) is 29.1 Å². The first-order valence-electron chi connectivity index (χ1n) is 8.77. The van der Waals surface area contributed by atoms with Crippen molar-refractivity contribution in [2.75, 3.05) is 14.2 Å². The van der Waals surface area contributed by atoms with E-state index in [0.717, 1.165) is 12.8 Å². The lowest BCUT2D eigenvalue weighted by Crippen LogP contribution is -2.44. The Hall–Kier alpha value is -2.61. The number of rotatable bonds is 6. The first-order chi connectivity index (χ1) is 12.9. The molecule has 1 aliphatic carbocycles. The molecule has 8 heteroatoms. The zero-order chi connectivity index (χ0) is 19.6. The number of nitrogens with zero attached hydrogens (tertiary/aromatic N) is 1. The molecule has 0 spiro atoms. The summed E-state index contributed by atoms with van der Waals surface area (Å²) < 4.78 is 12.5. The maximum atomic E-state index is 12.5. The van der Waals surface area contributed by atoms with Crippen molar-refractivity contribution < 1.29 is 14.3 Å². The minimum atomic E-state index is -0.336. The maximum Gasteiger partial charge on any atom is 0.252 e. The number of benzene rings is 1. The van der Waals surface area contributed by atoms with Gasteiger partial charge in [-0.15, -0.1) is 0 Å². The molecule has 0 radical (unpaired) electrons. The van der Waals surface area contributed by atoms with E-state index >= 15 is 0 Å². The Morgan fingerprint density at radius 2 is 2.04 bits per heavy atom. The van der Waals surface area contributed by atoms with Crippen LogP contribution < -0.4 is 20.3 Å². The fourth-order valence-electron chi connectivity index (χ4n) is 3.35. The van der Waals surface area contributed by atoms with Crippen LogP contribution in [-0.2, 0) is 11.3 Å². The molecule has 0 aliphatic heterocycles. The van der Waals surface area contributed by atoms with E-state index < -0.39 is 0 Å². The third kappa shape index (κ3) is 4.21. The van der Waals surface area contributed by atoms with E-state index in [1.165, 1.54) is 13.2 Å². The van der Waals surface area contributed by atoms with E-state index in [1.807, 2.05) is 0 Å². The number of H-pyrrole nitrogens is 1. The van der Waals surface area contributed by atoms with Crippen LogP contribution in [0, 0.1) is 10.7 Å². The number of methoxy groups -OCH3 is 2. The number of carbonyl (C=O) groups excluding carboxylic acids is 1. The molecule has 2 N–H and O–H groups in total. The topological polar surface area (TPSA) is 85.4 Å². The molecule has 0 unspecified atom stereocenters. The van der Waals surface area contributed by atoms with Gasteiger partial charge in [0.15, 0.2) is 4.77 Å². The van der Waals surface area contributed by atoms with Crippen molar-refractivity contribution in [1.29, 1.82) is 0 Å². The van der Waals surface area contributed by atoms with Crippen molar-refractivity contribution >= 4 is 18.1 Å². The predicted molar refractivity (Wildman–Crippen MR) is 105 cm³/mol. The highest BCUT2D eigenvalue weighted by Gasteiger charge is 2.26. The molecule has 0 atom stereocenters. The second-order valence-corrected chi connectivity index (χ2v) is 7.20. The molecule has 1 aromatic carbocycles. The van der Waals surface area contributed by atoms with Crippen LogP contribution in [-0.4, -0.2) is 35.7 Å². The summed E-state index contributed by atoms with van der Waals surface area (Å²) in [5, 5.41) is 3.01. The van der Waals surface area contributed by atoms with Crippen molar-refractivity contribution in [2.45, 2.75) is 32.4 Å². The minimum Gasteiger partial charge on any atom is -0.497 e. The molecule has 27 heavy (non-hydrogen) atoms. The van der Waals surface area contributed by atoms with Crippen LogP contribution >= 0.6 is 12.2 Å². The van der Waals surface area contributed by atoms with Crippen molar-refractivity contribution in [1.82, 2.24) is 14.9 Å². The molecular formula is C19H23N3O4S. The molecule has 144 valence electrons. The zero-order valence-electron chi connectivity index (χ0n) is 15.6. The van der Waals surface area contributed by atoms with Crippen LogP contribution in [0.5, 0.6) is 11.5 Å². The van der Waals surface area contributed by atoms with Crippen molar-refractivity contribution in [3.8, 4) is 22.8 Å². The summed E-state index contributed by atoms with van der Waals surface area (Å²) in [4.78, 5) is 27.1. The first kappa shape index (κ1) is 19.2. The zero-order valence-corrected chi connectivity index (χ0v) is 16.4. The molecule has 1 amide bonds. The lowest BCUT2D eigenvalue weighted by Gasteiger charge is -2.33. The number of aromatic amines is 1. The highest BCUT2D eigenvalue weighted by molar-refractivity contribution is 7.71. The number of amides is 1. The van der Waals surface area contributed by atoms with Gasteiger partial charge >= 0.3 is 0 Å². The highest BCUT2D eigenvalue weighted by atomic mass is 32.1. The summed E-state index contributed by atoms with van der Waals surface area (Å²) in [6.07, 6.45) is 1.98. The summed E-state index contributed by atoms with van der Waals surface area (Å²) in [6, 6.07) is 6.90. The molecule has 7 nitrogen and oxygen atoms in total. The second kappa shape index (κ2) is 7.96. The maximum absolute atomic E-state index is 12.5. The summed E-state index contributed by atoms with van der Waals surface area (Å²) in [5.41, 5.74) is 0.832. The van der Waals surface area contributed by atoms with Crippen molar-refractivity contribution in [2.24, 2.45) is 5.92 Å². The van der Waals surface area contributed by atoms with Gasteiger partial charge < -0.3 is 19.4 Å². The van der Waals surface area contributed by atoms with Gasteiger partial charge in [0.25, 0.3) is 5.56 Å². The Balaban J connectivity index is 1.97. The largest absolute Gasteiger partial charge is 0.497 e. The number of carbonyl (C=O) groups is 1. The molecule has 1 aliphatic rings. The summed E-state index contributed by atoms with van der Waals surface area (Å²) in [5.74, 6) is 1.66. The normalized spacial score (nSPS) is 18.5. The van der Waals surface area contributed by atoms with Gasteiger partial charge in [0.2, 0.25) is 5.91 Å². The fourth-order valence-corrected chi connectivity index (χ4v) is 3.61. The third-order valence-electron chi connectivity index (χ3n) is 4.76. The summed E-state index contributed by atoms with van der Waals surface area (Å²) in [7, 11) is 3.10. The number of ether oxygens (including phenoxy) is 2. The Kier molecular flexibility index (Phi) is 5.65. The smallest absolute Gasteiger partial charge is 0.252 e. The average molecular weight is 389 g/mol. The molecule has 0 bridgehead atoms. The number of hydrogen-bond acceptors (Lipinski definition) is 5. The van der Waals surface area contributed by atoms with Crippen molar-refractivity contribution in [3.63, 3.8) is 0 Å². The Bertz CT molecular complexity index is 960. The number of aromatic nitrogens is 2. The van der Waals surface area contributed by atoms with E-state index in [4.69, 9.17) is 21.7 Å². The van der Waals surface area contributed by atoms with Gasteiger partial charge in [-0.1, -0.05) is 6.92 Å². The van der Waals surface area contributed by atoms with Crippen LogP contribution in [0.25, 0.3) is 11.3 Å². The summed E-state index contributed by atoms with van der Waals surface area (Å²) in [6.45, 7) is 2.18. The standard InChI is InChI=1S/C19H23N3O4S/c1-11-6-12(7-11)20-18(24)10-22-15(9-17(23)21-19(22)27)14-5-4-13(25-2)8-16(14)26-3/h4-5,8-9,11-12H,6-7,10H2,1-3H3,(H,20,24)(H,21,23,27). The third-order valence-corrected chi connectivity index (χ3v) is 5.08. The van der Waals surface area contributed by atoms with Gasteiger partial charge in [-0.2, -0.15) is 0 Å². The van der Waals surface area contributed by atoms with Crippen LogP contribution in [0.3, 0.4) is 0 Å². The van der Waals surface area contributed by atoms with Crippen molar-refractivity contribution in [3.05, 3.63) is 39.4 Å². The van der Waals surface area contributed by atoms with E-state index in [9.17, 15) is 9.59 Å². The number of nitrogens with one attached hydrogen (secondary N) is 2. The quantitative estimate of drug-likeness (QED) is 0.742. The Morgan fingerprint density at radius 1 is 1.30 bits per heavy atom.